The van der Waals surface area contributed by atoms with Gasteiger partial charge in [0.05, 0.1) is 6.07 Å². The van der Waals surface area contributed by atoms with Gasteiger partial charge in [0.25, 0.3) is 0 Å². The van der Waals surface area contributed by atoms with Crippen molar-refractivity contribution in [1.82, 2.24) is 0 Å². The van der Waals surface area contributed by atoms with Crippen molar-refractivity contribution in [3.05, 3.63) is 70.5 Å². The van der Waals surface area contributed by atoms with Crippen molar-refractivity contribution >= 4 is 11.6 Å². The van der Waals surface area contributed by atoms with Crippen LogP contribution in [0.5, 0.6) is 0 Å². The number of hydrogen-bond acceptors (Lipinski definition) is 1. The Bertz CT molecular complexity index is 509. The van der Waals surface area contributed by atoms with Gasteiger partial charge in [0.15, 0.2) is 0 Å². The van der Waals surface area contributed by atoms with Crippen LogP contribution >= 0.6 is 11.6 Å². The normalized spacial score (nSPS) is 11.8. The summed E-state index contributed by atoms with van der Waals surface area (Å²) in [7, 11) is 0. The molecule has 0 fully saturated rings. The molecule has 18 heavy (non-hydrogen) atoms. The van der Waals surface area contributed by atoms with Crippen LogP contribution in [0.4, 0.5) is 4.39 Å². The van der Waals surface area contributed by atoms with E-state index in [4.69, 9.17) is 16.9 Å². The lowest BCUT2D eigenvalue weighted by molar-refractivity contribution is 0.626. The first-order chi connectivity index (χ1) is 8.70. The van der Waals surface area contributed by atoms with Crippen LogP contribution in [-0.2, 0) is 0 Å². The second-order valence-electron chi connectivity index (χ2n) is 4.02. The van der Waals surface area contributed by atoms with Gasteiger partial charge in [-0.25, -0.2) is 4.39 Å². The summed E-state index contributed by atoms with van der Waals surface area (Å²) in [4.78, 5) is 0. The standard InChI is InChI=1S/C15H11ClFN/c16-13-5-1-11(2-6-13)15(9-10-18)12-3-7-14(17)8-4-12/h1-8,15H,9H2. The molecule has 0 aliphatic carbocycles. The van der Waals surface area contributed by atoms with E-state index in [0.717, 1.165) is 11.1 Å². The van der Waals surface area contributed by atoms with Gasteiger partial charge in [0.1, 0.15) is 5.82 Å². The molecule has 0 amide bonds. The van der Waals surface area contributed by atoms with Crippen LogP contribution < -0.4 is 0 Å². The maximum absolute atomic E-state index is 12.9. The minimum atomic E-state index is -0.273. The minimum Gasteiger partial charge on any atom is -0.207 e. The van der Waals surface area contributed by atoms with Gasteiger partial charge >= 0.3 is 0 Å². The Labute approximate surface area is 110 Å². The smallest absolute Gasteiger partial charge is 0.123 e. The van der Waals surface area contributed by atoms with Crippen LogP contribution in [0.2, 0.25) is 5.02 Å². The Balaban J connectivity index is 2.36. The molecule has 1 atom stereocenters. The van der Waals surface area contributed by atoms with E-state index in [1.165, 1.54) is 12.1 Å². The van der Waals surface area contributed by atoms with Gasteiger partial charge in [-0.1, -0.05) is 35.9 Å². The van der Waals surface area contributed by atoms with Gasteiger partial charge in [-0.05, 0) is 35.4 Å². The van der Waals surface area contributed by atoms with Crippen LogP contribution in [0, 0.1) is 17.1 Å². The van der Waals surface area contributed by atoms with E-state index < -0.39 is 0 Å². The predicted octanol–water partition coefficient (Wildman–Crippen LogP) is 4.52. The SMILES string of the molecule is N#CCC(c1ccc(F)cc1)c1ccc(Cl)cc1. The molecule has 2 aromatic carbocycles. The molecule has 0 saturated carbocycles. The topological polar surface area (TPSA) is 23.8 Å². The summed E-state index contributed by atoms with van der Waals surface area (Å²) in [5, 5.41) is 9.58. The van der Waals surface area contributed by atoms with E-state index in [2.05, 4.69) is 6.07 Å². The summed E-state index contributed by atoms with van der Waals surface area (Å²) in [6.45, 7) is 0. The van der Waals surface area contributed by atoms with Crippen molar-refractivity contribution in [1.29, 1.82) is 5.26 Å². The molecule has 0 bridgehead atoms. The van der Waals surface area contributed by atoms with E-state index in [0.29, 0.717) is 11.4 Å². The van der Waals surface area contributed by atoms with Gasteiger partial charge in [0, 0.05) is 17.4 Å². The van der Waals surface area contributed by atoms with Crippen LogP contribution in [0.15, 0.2) is 48.5 Å². The van der Waals surface area contributed by atoms with Gasteiger partial charge < -0.3 is 0 Å². The second kappa shape index (κ2) is 5.66. The predicted molar refractivity (Wildman–Crippen MR) is 69.9 cm³/mol. The van der Waals surface area contributed by atoms with Crippen molar-refractivity contribution in [3.63, 3.8) is 0 Å². The third kappa shape index (κ3) is 2.88. The first-order valence-corrected chi connectivity index (χ1v) is 5.96. The molecule has 0 heterocycles. The first-order valence-electron chi connectivity index (χ1n) is 5.58. The zero-order chi connectivity index (χ0) is 13.0. The van der Waals surface area contributed by atoms with E-state index in [1.807, 2.05) is 12.1 Å². The summed E-state index contributed by atoms with van der Waals surface area (Å²) in [6.07, 6.45) is 0.354. The highest BCUT2D eigenvalue weighted by Crippen LogP contribution is 2.28. The zero-order valence-electron chi connectivity index (χ0n) is 9.61. The number of rotatable bonds is 3. The number of hydrogen-bond donors (Lipinski definition) is 0. The molecule has 1 nitrogen and oxygen atoms in total. The summed E-state index contributed by atoms with van der Waals surface area (Å²) in [6, 6.07) is 15.8. The lowest BCUT2D eigenvalue weighted by Gasteiger charge is -2.14. The molecular weight excluding hydrogens is 249 g/mol. The van der Waals surface area contributed by atoms with Gasteiger partial charge in [-0.15, -0.1) is 0 Å². The van der Waals surface area contributed by atoms with Crippen LogP contribution in [-0.4, -0.2) is 0 Å². The molecule has 0 aliphatic rings. The van der Waals surface area contributed by atoms with Gasteiger partial charge in [0.2, 0.25) is 0 Å². The Morgan fingerprint density at radius 3 is 2.00 bits per heavy atom. The zero-order valence-corrected chi connectivity index (χ0v) is 10.4. The number of benzene rings is 2. The van der Waals surface area contributed by atoms with Crippen molar-refractivity contribution < 1.29 is 4.39 Å². The third-order valence-electron chi connectivity index (χ3n) is 2.84. The maximum Gasteiger partial charge on any atom is 0.123 e. The monoisotopic (exact) mass is 259 g/mol. The van der Waals surface area contributed by atoms with Crippen LogP contribution in [0.3, 0.4) is 0 Å². The minimum absolute atomic E-state index is 0.0483. The van der Waals surface area contributed by atoms with Crippen LogP contribution in [0.1, 0.15) is 23.5 Å². The largest absolute Gasteiger partial charge is 0.207 e. The quantitative estimate of drug-likeness (QED) is 0.795. The summed E-state index contributed by atoms with van der Waals surface area (Å²) >= 11 is 5.85. The maximum atomic E-state index is 12.9. The second-order valence-corrected chi connectivity index (χ2v) is 4.45. The number of halogens is 2. The Kier molecular flexibility index (Phi) is 3.96. The Morgan fingerprint density at radius 2 is 1.50 bits per heavy atom. The van der Waals surface area contributed by atoms with E-state index >= 15 is 0 Å². The van der Waals surface area contributed by atoms with E-state index in [9.17, 15) is 4.39 Å². The Morgan fingerprint density at radius 1 is 1.00 bits per heavy atom. The number of nitriles is 1. The van der Waals surface area contributed by atoms with Gasteiger partial charge in [-0.2, -0.15) is 5.26 Å². The summed E-state index contributed by atoms with van der Waals surface area (Å²) in [5.41, 5.74) is 1.94. The number of nitrogens with zero attached hydrogens (tertiary/aromatic N) is 1. The fourth-order valence-electron chi connectivity index (χ4n) is 1.91. The average Bonchev–Trinajstić information content (AvgIpc) is 2.39. The summed E-state index contributed by atoms with van der Waals surface area (Å²) < 4.78 is 12.9. The van der Waals surface area contributed by atoms with E-state index in [1.54, 1.807) is 24.3 Å². The van der Waals surface area contributed by atoms with Crippen molar-refractivity contribution in [2.45, 2.75) is 12.3 Å². The Hall–Kier alpha value is -1.85. The van der Waals surface area contributed by atoms with Crippen LogP contribution in [0.25, 0.3) is 0 Å². The van der Waals surface area contributed by atoms with Crippen molar-refractivity contribution in [3.8, 4) is 6.07 Å². The molecule has 90 valence electrons. The molecule has 3 heteroatoms. The molecule has 2 aromatic rings. The molecule has 0 radical (unpaired) electrons. The molecule has 0 aliphatic heterocycles. The fraction of sp³-hybridized carbons (Fsp3) is 0.133. The van der Waals surface area contributed by atoms with Crippen molar-refractivity contribution in [2.75, 3.05) is 0 Å². The highest BCUT2D eigenvalue weighted by molar-refractivity contribution is 6.30. The first kappa shape index (κ1) is 12.6. The highest BCUT2D eigenvalue weighted by Gasteiger charge is 2.13. The lowest BCUT2D eigenvalue weighted by atomic mass is 9.89. The fourth-order valence-corrected chi connectivity index (χ4v) is 2.04. The molecule has 0 N–H and O–H groups in total. The third-order valence-corrected chi connectivity index (χ3v) is 3.09. The molecular formula is C15H11ClFN. The molecule has 2 rings (SSSR count). The van der Waals surface area contributed by atoms with Crippen molar-refractivity contribution in [2.24, 2.45) is 0 Å². The molecule has 0 aromatic heterocycles. The van der Waals surface area contributed by atoms with E-state index in [-0.39, 0.29) is 11.7 Å². The highest BCUT2D eigenvalue weighted by atomic mass is 35.5. The van der Waals surface area contributed by atoms with Gasteiger partial charge in [-0.3, -0.25) is 0 Å². The molecule has 1 unspecified atom stereocenters. The average molecular weight is 260 g/mol. The lowest BCUT2D eigenvalue weighted by Crippen LogP contribution is -2.00. The molecule has 0 spiro atoms. The summed E-state index contributed by atoms with van der Waals surface area (Å²) in [5.74, 6) is -0.321. The molecule has 0 saturated heterocycles.